The van der Waals surface area contributed by atoms with Crippen molar-refractivity contribution in [2.45, 2.75) is 26.2 Å². The maximum atomic E-state index is 12.5. The highest BCUT2D eigenvalue weighted by atomic mass is 35.5. The SMILES string of the molecule is COc1cc(N2CCN(C)CC2)c(C)cc1Nc1ncc(Cl)c(Nc2cccnc2N2CCCCC2=O)n1. The zero-order valence-electron chi connectivity index (χ0n) is 22.0. The van der Waals surface area contributed by atoms with Gasteiger partial charge in [0.1, 0.15) is 10.8 Å². The van der Waals surface area contributed by atoms with Crippen molar-refractivity contribution in [3.63, 3.8) is 0 Å². The number of carbonyl (C=O) groups excluding carboxylic acids is 1. The highest BCUT2D eigenvalue weighted by Gasteiger charge is 2.24. The zero-order valence-corrected chi connectivity index (χ0v) is 22.8. The number of ether oxygens (including phenoxy) is 1. The number of methoxy groups -OCH3 is 1. The number of hydrogen-bond acceptors (Lipinski definition) is 9. The van der Waals surface area contributed by atoms with Crippen LogP contribution in [-0.4, -0.2) is 72.6 Å². The van der Waals surface area contributed by atoms with E-state index in [4.69, 9.17) is 16.3 Å². The third-order valence-corrected chi connectivity index (χ3v) is 7.25. The summed E-state index contributed by atoms with van der Waals surface area (Å²) in [6, 6.07) is 7.79. The van der Waals surface area contributed by atoms with Crippen LogP contribution in [0.5, 0.6) is 5.75 Å². The van der Waals surface area contributed by atoms with Gasteiger partial charge in [0.25, 0.3) is 0 Å². The maximum Gasteiger partial charge on any atom is 0.229 e. The first kappa shape index (κ1) is 26.0. The number of pyridine rings is 1. The normalized spacial score (nSPS) is 16.5. The second-order valence-corrected chi connectivity index (χ2v) is 10.1. The molecule has 2 aromatic heterocycles. The fraction of sp³-hybridized carbons (Fsp3) is 0.407. The van der Waals surface area contributed by atoms with Gasteiger partial charge in [0.05, 0.1) is 24.7 Å². The van der Waals surface area contributed by atoms with Crippen LogP contribution in [0, 0.1) is 6.92 Å². The van der Waals surface area contributed by atoms with E-state index in [-0.39, 0.29) is 5.91 Å². The van der Waals surface area contributed by atoms with Crippen LogP contribution < -0.4 is 25.2 Å². The molecule has 4 heterocycles. The number of hydrogen-bond donors (Lipinski definition) is 2. The Hall–Kier alpha value is -3.63. The number of anilines is 6. The molecule has 200 valence electrons. The van der Waals surface area contributed by atoms with E-state index in [0.717, 1.165) is 56.0 Å². The highest BCUT2D eigenvalue weighted by molar-refractivity contribution is 6.33. The van der Waals surface area contributed by atoms with Gasteiger partial charge in [-0.05, 0) is 50.6 Å². The Morgan fingerprint density at radius 1 is 1.03 bits per heavy atom. The molecular formula is C27H33ClN8O2. The molecule has 2 aliphatic rings. The minimum absolute atomic E-state index is 0.0663. The maximum absolute atomic E-state index is 12.5. The Morgan fingerprint density at radius 3 is 2.61 bits per heavy atom. The summed E-state index contributed by atoms with van der Waals surface area (Å²) in [5, 5.41) is 6.90. The summed E-state index contributed by atoms with van der Waals surface area (Å²) >= 11 is 6.47. The largest absolute Gasteiger partial charge is 0.494 e. The van der Waals surface area contributed by atoms with Crippen LogP contribution in [0.25, 0.3) is 0 Å². The predicted octanol–water partition coefficient (Wildman–Crippen LogP) is 4.60. The molecule has 10 nitrogen and oxygen atoms in total. The van der Waals surface area contributed by atoms with Crippen molar-refractivity contribution in [1.82, 2.24) is 19.9 Å². The number of carbonyl (C=O) groups is 1. The minimum atomic E-state index is 0.0663. The second kappa shape index (κ2) is 11.4. The molecule has 3 aromatic rings. The number of aryl methyl sites for hydroxylation is 1. The van der Waals surface area contributed by atoms with Crippen LogP contribution in [0.1, 0.15) is 24.8 Å². The molecule has 11 heteroatoms. The van der Waals surface area contributed by atoms with Crippen LogP contribution in [0.4, 0.5) is 34.6 Å². The minimum Gasteiger partial charge on any atom is -0.494 e. The lowest BCUT2D eigenvalue weighted by molar-refractivity contribution is -0.119. The monoisotopic (exact) mass is 536 g/mol. The van der Waals surface area contributed by atoms with Crippen LogP contribution in [0.2, 0.25) is 5.02 Å². The van der Waals surface area contributed by atoms with E-state index in [0.29, 0.717) is 47.0 Å². The number of likely N-dealkylation sites (N-methyl/N-ethyl adjacent to an activating group) is 1. The zero-order chi connectivity index (χ0) is 26.6. The first-order valence-corrected chi connectivity index (χ1v) is 13.2. The number of amides is 1. The van der Waals surface area contributed by atoms with Crippen molar-refractivity contribution >= 4 is 52.2 Å². The van der Waals surface area contributed by atoms with Gasteiger partial charge in [-0.25, -0.2) is 9.97 Å². The standard InChI is InChI=1S/C27H33ClN8O2/c1-18-15-21(23(38-3)16-22(18)35-13-11-34(2)12-14-35)32-27-30-17-19(28)25(33-27)31-20-7-6-9-29-26(20)36-10-5-4-8-24(36)37/h6-7,9,15-17H,4-5,8,10-14H2,1-3H3,(H2,30,31,32,33). The molecular weight excluding hydrogens is 504 g/mol. The van der Waals surface area contributed by atoms with Crippen molar-refractivity contribution in [3.05, 3.63) is 47.2 Å². The lowest BCUT2D eigenvalue weighted by Crippen LogP contribution is -2.44. The summed E-state index contributed by atoms with van der Waals surface area (Å²) < 4.78 is 5.73. The topological polar surface area (TPSA) is 98.8 Å². The van der Waals surface area contributed by atoms with Gasteiger partial charge in [-0.15, -0.1) is 0 Å². The molecule has 2 aliphatic heterocycles. The molecule has 0 aliphatic carbocycles. The van der Waals surface area contributed by atoms with Gasteiger partial charge in [0, 0.05) is 57.1 Å². The van der Waals surface area contributed by atoms with E-state index in [1.165, 1.54) is 0 Å². The smallest absolute Gasteiger partial charge is 0.229 e. The quantitative estimate of drug-likeness (QED) is 0.449. The summed E-state index contributed by atoms with van der Waals surface area (Å²) in [7, 11) is 3.81. The Morgan fingerprint density at radius 2 is 1.84 bits per heavy atom. The second-order valence-electron chi connectivity index (χ2n) is 9.65. The number of piperazine rings is 1. The third-order valence-electron chi connectivity index (χ3n) is 6.97. The van der Waals surface area contributed by atoms with Crippen molar-refractivity contribution < 1.29 is 9.53 Å². The molecule has 2 saturated heterocycles. The average molecular weight is 537 g/mol. The fourth-order valence-corrected chi connectivity index (χ4v) is 4.97. The summed E-state index contributed by atoms with van der Waals surface area (Å²) in [6.07, 6.45) is 5.58. The lowest BCUT2D eigenvalue weighted by atomic mass is 10.1. The van der Waals surface area contributed by atoms with Gasteiger partial charge in [0.2, 0.25) is 11.9 Å². The van der Waals surface area contributed by atoms with Crippen molar-refractivity contribution in [2.24, 2.45) is 0 Å². The van der Waals surface area contributed by atoms with Crippen LogP contribution in [0.3, 0.4) is 0 Å². The third kappa shape index (κ3) is 5.61. The number of rotatable bonds is 7. The molecule has 0 radical (unpaired) electrons. The molecule has 0 atom stereocenters. The molecule has 0 spiro atoms. The Kier molecular flexibility index (Phi) is 7.80. The highest BCUT2D eigenvalue weighted by Crippen LogP contribution is 2.36. The Balaban J connectivity index is 1.39. The van der Waals surface area contributed by atoms with Gasteiger partial charge in [-0.3, -0.25) is 9.69 Å². The molecule has 2 N–H and O–H groups in total. The number of piperidine rings is 1. The van der Waals surface area contributed by atoms with E-state index in [1.54, 1.807) is 24.4 Å². The molecule has 5 rings (SSSR count). The Bertz CT molecular complexity index is 1310. The molecule has 1 aromatic carbocycles. The first-order chi connectivity index (χ1) is 18.4. The number of benzene rings is 1. The van der Waals surface area contributed by atoms with E-state index in [9.17, 15) is 4.79 Å². The van der Waals surface area contributed by atoms with E-state index < -0.39 is 0 Å². The van der Waals surface area contributed by atoms with Crippen molar-refractivity contribution in [2.75, 3.05) is 67.3 Å². The fourth-order valence-electron chi connectivity index (χ4n) is 4.83. The Labute approximate surface area is 228 Å². The van der Waals surface area contributed by atoms with Gasteiger partial charge in [-0.1, -0.05) is 11.6 Å². The molecule has 0 saturated carbocycles. The van der Waals surface area contributed by atoms with E-state index in [1.807, 2.05) is 12.1 Å². The summed E-state index contributed by atoms with van der Waals surface area (Å²) in [5.41, 5.74) is 3.71. The number of nitrogens with zero attached hydrogens (tertiary/aromatic N) is 6. The van der Waals surface area contributed by atoms with Crippen molar-refractivity contribution in [3.8, 4) is 5.75 Å². The number of halogens is 1. The summed E-state index contributed by atoms with van der Waals surface area (Å²) in [4.78, 5) is 32.4. The molecule has 0 bridgehead atoms. The lowest BCUT2D eigenvalue weighted by Gasteiger charge is -2.35. The first-order valence-electron chi connectivity index (χ1n) is 12.9. The molecule has 0 unspecified atom stereocenters. The van der Waals surface area contributed by atoms with Crippen LogP contribution >= 0.6 is 11.6 Å². The molecule has 1 amide bonds. The van der Waals surface area contributed by atoms with Gasteiger partial charge in [-0.2, -0.15) is 4.98 Å². The van der Waals surface area contributed by atoms with Gasteiger partial charge >= 0.3 is 0 Å². The summed E-state index contributed by atoms with van der Waals surface area (Å²) in [5.74, 6) is 2.11. The molecule has 2 fully saturated rings. The predicted molar refractivity (Wildman–Crippen MR) is 151 cm³/mol. The van der Waals surface area contributed by atoms with Gasteiger partial charge < -0.3 is 25.2 Å². The number of nitrogens with one attached hydrogen (secondary N) is 2. The average Bonchev–Trinajstić information content (AvgIpc) is 2.92. The van der Waals surface area contributed by atoms with Crippen LogP contribution in [0.15, 0.2) is 36.7 Å². The number of aromatic nitrogens is 3. The molecule has 38 heavy (non-hydrogen) atoms. The van der Waals surface area contributed by atoms with Gasteiger partial charge in [0.15, 0.2) is 11.6 Å². The van der Waals surface area contributed by atoms with Crippen molar-refractivity contribution in [1.29, 1.82) is 0 Å². The summed E-state index contributed by atoms with van der Waals surface area (Å²) in [6.45, 7) is 6.74. The van der Waals surface area contributed by atoms with E-state index >= 15 is 0 Å². The van der Waals surface area contributed by atoms with Crippen LogP contribution in [-0.2, 0) is 4.79 Å². The van der Waals surface area contributed by atoms with E-state index in [2.05, 4.69) is 61.5 Å².